The second-order valence-electron chi connectivity index (χ2n) is 6.40. The molecule has 2 fully saturated rings. The summed E-state index contributed by atoms with van der Waals surface area (Å²) in [5.74, 6) is 0.691. The van der Waals surface area contributed by atoms with Crippen molar-refractivity contribution in [2.45, 2.75) is 37.8 Å². The molecule has 1 unspecified atom stereocenters. The molecule has 1 N–H and O–H groups in total. The predicted molar refractivity (Wildman–Crippen MR) is 89.0 cm³/mol. The van der Waals surface area contributed by atoms with Crippen LogP contribution in [0.5, 0.6) is 5.75 Å². The molecular formula is C18H24N2O4. The van der Waals surface area contributed by atoms with E-state index in [-0.39, 0.29) is 24.5 Å². The van der Waals surface area contributed by atoms with Gasteiger partial charge in [-0.25, -0.2) is 0 Å². The Bertz CT molecular complexity index is 583. The van der Waals surface area contributed by atoms with Crippen LogP contribution >= 0.6 is 0 Å². The average Bonchev–Trinajstić information content (AvgIpc) is 3.27. The van der Waals surface area contributed by atoms with Gasteiger partial charge < -0.3 is 19.7 Å². The van der Waals surface area contributed by atoms with E-state index >= 15 is 0 Å². The number of nitrogens with one attached hydrogen (secondary N) is 1. The summed E-state index contributed by atoms with van der Waals surface area (Å²) in [6.07, 6.45) is 4.08. The van der Waals surface area contributed by atoms with Crippen molar-refractivity contribution in [3.8, 4) is 5.75 Å². The zero-order chi connectivity index (χ0) is 16.9. The second kappa shape index (κ2) is 7.66. The standard InChI is InChI=1S/C18H24N2O4/c1-23-12-17(21)20-10-2-3-15(20)11-24-16-8-4-13(5-9-16)18(22)19-14-6-7-14/h4-5,8-9,14-15H,2-3,6-7,10-12H2,1H3,(H,19,22). The van der Waals surface area contributed by atoms with Gasteiger partial charge in [0, 0.05) is 25.3 Å². The van der Waals surface area contributed by atoms with Gasteiger partial charge in [-0.3, -0.25) is 9.59 Å². The van der Waals surface area contributed by atoms with Gasteiger partial charge in [0.05, 0.1) is 6.04 Å². The summed E-state index contributed by atoms with van der Waals surface area (Å²) >= 11 is 0. The third kappa shape index (κ3) is 4.26. The third-order valence-electron chi connectivity index (χ3n) is 4.44. The fourth-order valence-electron chi connectivity index (χ4n) is 2.94. The van der Waals surface area contributed by atoms with E-state index in [2.05, 4.69) is 5.32 Å². The van der Waals surface area contributed by atoms with Crippen molar-refractivity contribution in [1.82, 2.24) is 10.2 Å². The van der Waals surface area contributed by atoms with E-state index in [1.165, 1.54) is 7.11 Å². The van der Waals surface area contributed by atoms with Crippen LogP contribution in [-0.4, -0.2) is 55.7 Å². The van der Waals surface area contributed by atoms with Crippen molar-refractivity contribution >= 4 is 11.8 Å². The molecule has 0 bridgehead atoms. The normalized spacial score (nSPS) is 20.0. The van der Waals surface area contributed by atoms with Crippen LogP contribution in [0, 0.1) is 0 Å². The Hall–Kier alpha value is -2.08. The van der Waals surface area contributed by atoms with Crippen molar-refractivity contribution in [3.63, 3.8) is 0 Å². The maximum Gasteiger partial charge on any atom is 0.251 e. The first-order chi connectivity index (χ1) is 11.7. The Morgan fingerprint density at radius 3 is 2.62 bits per heavy atom. The van der Waals surface area contributed by atoms with Crippen LogP contribution in [-0.2, 0) is 9.53 Å². The molecule has 1 heterocycles. The number of benzene rings is 1. The Kier molecular flexibility index (Phi) is 5.35. The summed E-state index contributed by atoms with van der Waals surface area (Å²) < 4.78 is 10.7. The highest BCUT2D eigenvalue weighted by Gasteiger charge is 2.29. The highest BCUT2D eigenvalue weighted by Crippen LogP contribution is 2.21. The molecule has 0 radical (unpaired) electrons. The first-order valence-electron chi connectivity index (χ1n) is 8.49. The lowest BCUT2D eigenvalue weighted by molar-refractivity contribution is -0.136. The first-order valence-corrected chi connectivity index (χ1v) is 8.49. The van der Waals surface area contributed by atoms with E-state index in [1.807, 2.05) is 4.90 Å². The number of nitrogens with zero attached hydrogens (tertiary/aromatic N) is 1. The molecule has 1 saturated heterocycles. The van der Waals surface area contributed by atoms with Gasteiger partial charge in [-0.1, -0.05) is 0 Å². The first kappa shape index (κ1) is 16.8. The molecule has 0 spiro atoms. The lowest BCUT2D eigenvalue weighted by Crippen LogP contribution is -2.40. The Morgan fingerprint density at radius 2 is 1.96 bits per heavy atom. The quantitative estimate of drug-likeness (QED) is 0.823. The van der Waals surface area contributed by atoms with Gasteiger partial charge >= 0.3 is 0 Å². The van der Waals surface area contributed by atoms with Crippen LogP contribution in [0.1, 0.15) is 36.0 Å². The summed E-state index contributed by atoms with van der Waals surface area (Å²) in [5.41, 5.74) is 0.645. The zero-order valence-electron chi connectivity index (χ0n) is 14.0. The molecule has 0 aromatic heterocycles. The number of rotatable bonds is 7. The van der Waals surface area contributed by atoms with Crippen molar-refractivity contribution in [3.05, 3.63) is 29.8 Å². The summed E-state index contributed by atoms with van der Waals surface area (Å²) in [6, 6.07) is 7.60. The summed E-state index contributed by atoms with van der Waals surface area (Å²) in [7, 11) is 1.53. The number of hydrogen-bond donors (Lipinski definition) is 1. The molecule has 24 heavy (non-hydrogen) atoms. The van der Waals surface area contributed by atoms with Crippen LogP contribution in [0.4, 0.5) is 0 Å². The summed E-state index contributed by atoms with van der Waals surface area (Å²) in [6.45, 7) is 1.33. The van der Waals surface area contributed by atoms with Gasteiger partial charge in [-0.15, -0.1) is 0 Å². The molecule has 6 heteroatoms. The second-order valence-corrected chi connectivity index (χ2v) is 6.40. The van der Waals surface area contributed by atoms with Gasteiger partial charge in [0.25, 0.3) is 5.91 Å². The highest BCUT2D eigenvalue weighted by molar-refractivity contribution is 5.94. The molecule has 130 valence electrons. The molecule has 3 rings (SSSR count). The Morgan fingerprint density at radius 1 is 1.21 bits per heavy atom. The number of hydrogen-bond acceptors (Lipinski definition) is 4. The minimum Gasteiger partial charge on any atom is -0.491 e. The highest BCUT2D eigenvalue weighted by atomic mass is 16.5. The topological polar surface area (TPSA) is 67.9 Å². The van der Waals surface area contributed by atoms with Crippen LogP contribution in [0.15, 0.2) is 24.3 Å². The summed E-state index contributed by atoms with van der Waals surface area (Å²) in [5, 5.41) is 2.96. The van der Waals surface area contributed by atoms with Crippen molar-refractivity contribution in [1.29, 1.82) is 0 Å². The maximum absolute atomic E-state index is 12.0. The van der Waals surface area contributed by atoms with Gasteiger partial charge in [-0.05, 0) is 49.9 Å². The fraction of sp³-hybridized carbons (Fsp3) is 0.556. The molecule has 1 aromatic rings. The molecule has 1 saturated carbocycles. The van der Waals surface area contributed by atoms with E-state index < -0.39 is 0 Å². The minimum atomic E-state index is -0.0313. The van der Waals surface area contributed by atoms with E-state index in [0.717, 1.165) is 32.2 Å². The van der Waals surface area contributed by atoms with Crippen LogP contribution in [0.2, 0.25) is 0 Å². The number of ether oxygens (including phenoxy) is 2. The number of methoxy groups -OCH3 is 1. The monoisotopic (exact) mass is 332 g/mol. The lowest BCUT2D eigenvalue weighted by Gasteiger charge is -2.24. The van der Waals surface area contributed by atoms with Gasteiger partial charge in [-0.2, -0.15) is 0 Å². The molecule has 1 aromatic carbocycles. The predicted octanol–water partition coefficient (Wildman–Crippen LogP) is 1.59. The average molecular weight is 332 g/mol. The molecule has 1 aliphatic heterocycles. The molecule has 2 aliphatic rings. The van der Waals surface area contributed by atoms with E-state index in [9.17, 15) is 9.59 Å². The molecule has 1 atom stereocenters. The van der Waals surface area contributed by atoms with Gasteiger partial charge in [0.1, 0.15) is 19.0 Å². The van der Waals surface area contributed by atoms with E-state index in [1.54, 1.807) is 24.3 Å². The largest absolute Gasteiger partial charge is 0.491 e. The molecule has 1 aliphatic carbocycles. The zero-order valence-corrected chi connectivity index (χ0v) is 14.0. The third-order valence-corrected chi connectivity index (χ3v) is 4.44. The number of carbonyl (C=O) groups is 2. The van der Waals surface area contributed by atoms with Crippen LogP contribution < -0.4 is 10.1 Å². The van der Waals surface area contributed by atoms with E-state index in [4.69, 9.17) is 9.47 Å². The van der Waals surface area contributed by atoms with Crippen LogP contribution in [0.25, 0.3) is 0 Å². The number of amides is 2. The van der Waals surface area contributed by atoms with Crippen LogP contribution in [0.3, 0.4) is 0 Å². The lowest BCUT2D eigenvalue weighted by atomic mass is 10.2. The molecule has 6 nitrogen and oxygen atoms in total. The smallest absolute Gasteiger partial charge is 0.251 e. The SMILES string of the molecule is COCC(=O)N1CCCC1COc1ccc(C(=O)NC2CC2)cc1. The number of likely N-dealkylation sites (tertiary alicyclic amines) is 1. The van der Waals surface area contributed by atoms with E-state index in [0.29, 0.717) is 24.0 Å². The molecule has 2 amide bonds. The molecular weight excluding hydrogens is 308 g/mol. The summed E-state index contributed by atoms with van der Waals surface area (Å²) in [4.78, 5) is 25.8. The minimum absolute atomic E-state index is 0.00990. The maximum atomic E-state index is 12.0. The fourth-order valence-corrected chi connectivity index (χ4v) is 2.94. The van der Waals surface area contributed by atoms with Gasteiger partial charge in [0.15, 0.2) is 0 Å². The van der Waals surface area contributed by atoms with Gasteiger partial charge in [0.2, 0.25) is 5.91 Å². The Labute approximate surface area is 142 Å². The Balaban J connectivity index is 1.50. The van der Waals surface area contributed by atoms with Crippen molar-refractivity contribution in [2.75, 3.05) is 26.9 Å². The van der Waals surface area contributed by atoms with Crippen molar-refractivity contribution < 1.29 is 19.1 Å². The number of carbonyl (C=O) groups excluding carboxylic acids is 2. The van der Waals surface area contributed by atoms with Crippen molar-refractivity contribution in [2.24, 2.45) is 0 Å².